The lowest BCUT2D eigenvalue weighted by atomic mass is 9.97. The van der Waals surface area contributed by atoms with Crippen molar-refractivity contribution in [3.8, 4) is 0 Å². The van der Waals surface area contributed by atoms with Gasteiger partial charge in [-0.25, -0.2) is 0 Å². The molecular formula is C15H18F3NO2. The van der Waals surface area contributed by atoms with Gasteiger partial charge in [0.05, 0.1) is 5.56 Å². The highest BCUT2D eigenvalue weighted by molar-refractivity contribution is 5.94. The fourth-order valence-corrected chi connectivity index (χ4v) is 2.55. The summed E-state index contributed by atoms with van der Waals surface area (Å²) in [5, 5.41) is 0. The second-order valence-electron chi connectivity index (χ2n) is 5.27. The number of hydrogen-bond donors (Lipinski definition) is 0. The molecule has 1 aliphatic heterocycles. The van der Waals surface area contributed by atoms with E-state index >= 15 is 0 Å². The van der Waals surface area contributed by atoms with Crippen molar-refractivity contribution in [3.63, 3.8) is 0 Å². The number of carbonyl (C=O) groups is 1. The van der Waals surface area contributed by atoms with Crippen LogP contribution in [0.5, 0.6) is 0 Å². The number of nitrogens with zero attached hydrogens (tertiary/aromatic N) is 1. The fourth-order valence-electron chi connectivity index (χ4n) is 2.55. The maximum absolute atomic E-state index is 12.7. The Morgan fingerprint density at radius 3 is 2.57 bits per heavy atom. The Morgan fingerprint density at radius 2 is 2.00 bits per heavy atom. The van der Waals surface area contributed by atoms with Gasteiger partial charge in [-0.05, 0) is 37.0 Å². The number of alkyl halides is 3. The Balaban J connectivity index is 2.04. The zero-order valence-electron chi connectivity index (χ0n) is 11.8. The van der Waals surface area contributed by atoms with Crippen molar-refractivity contribution in [1.82, 2.24) is 4.90 Å². The standard InChI is InChI=1S/C15H18F3NO2/c1-21-10-11-5-7-19(8-6-11)14(20)12-3-2-4-13(9-12)15(16,17)18/h2-4,9,11H,5-8,10H2,1H3. The van der Waals surface area contributed by atoms with Crippen molar-refractivity contribution in [2.45, 2.75) is 19.0 Å². The van der Waals surface area contributed by atoms with Crippen LogP contribution in [0.2, 0.25) is 0 Å². The van der Waals surface area contributed by atoms with Crippen molar-refractivity contribution < 1.29 is 22.7 Å². The van der Waals surface area contributed by atoms with Crippen LogP contribution in [0.1, 0.15) is 28.8 Å². The molecule has 1 saturated heterocycles. The smallest absolute Gasteiger partial charge is 0.384 e. The Labute approximate surface area is 121 Å². The number of likely N-dealkylation sites (tertiary alicyclic amines) is 1. The highest BCUT2D eigenvalue weighted by Crippen LogP contribution is 2.30. The van der Waals surface area contributed by atoms with Gasteiger partial charge >= 0.3 is 6.18 Å². The highest BCUT2D eigenvalue weighted by atomic mass is 19.4. The first kappa shape index (κ1) is 15.8. The molecule has 1 aromatic carbocycles. The minimum Gasteiger partial charge on any atom is -0.384 e. The predicted octanol–water partition coefficient (Wildman–Crippen LogP) is 3.20. The molecule has 0 atom stereocenters. The third-order valence-electron chi connectivity index (χ3n) is 3.74. The quantitative estimate of drug-likeness (QED) is 0.858. The third-order valence-corrected chi connectivity index (χ3v) is 3.74. The number of amides is 1. The summed E-state index contributed by atoms with van der Waals surface area (Å²) < 4.78 is 43.1. The van der Waals surface area contributed by atoms with E-state index in [0.29, 0.717) is 25.6 Å². The van der Waals surface area contributed by atoms with Gasteiger partial charge in [-0.1, -0.05) is 6.07 Å². The SMILES string of the molecule is COCC1CCN(C(=O)c2cccc(C(F)(F)F)c2)CC1. The summed E-state index contributed by atoms with van der Waals surface area (Å²) in [4.78, 5) is 13.9. The predicted molar refractivity (Wildman–Crippen MR) is 71.9 cm³/mol. The van der Waals surface area contributed by atoms with E-state index in [-0.39, 0.29) is 11.5 Å². The van der Waals surface area contributed by atoms with E-state index in [0.717, 1.165) is 25.0 Å². The molecule has 0 spiro atoms. The third kappa shape index (κ3) is 3.97. The van der Waals surface area contributed by atoms with Gasteiger partial charge in [0.1, 0.15) is 0 Å². The molecule has 6 heteroatoms. The lowest BCUT2D eigenvalue weighted by Crippen LogP contribution is -2.39. The molecule has 0 bridgehead atoms. The van der Waals surface area contributed by atoms with E-state index in [1.165, 1.54) is 12.1 Å². The molecule has 0 unspecified atom stereocenters. The maximum atomic E-state index is 12.7. The van der Waals surface area contributed by atoms with E-state index in [9.17, 15) is 18.0 Å². The van der Waals surface area contributed by atoms with Crippen LogP contribution in [-0.4, -0.2) is 37.6 Å². The van der Waals surface area contributed by atoms with Crippen LogP contribution in [0.4, 0.5) is 13.2 Å². The minimum absolute atomic E-state index is 0.0926. The Hall–Kier alpha value is -1.56. The van der Waals surface area contributed by atoms with Gasteiger partial charge in [0.2, 0.25) is 0 Å². The van der Waals surface area contributed by atoms with Gasteiger partial charge in [-0.15, -0.1) is 0 Å². The monoisotopic (exact) mass is 301 g/mol. The van der Waals surface area contributed by atoms with Crippen LogP contribution in [-0.2, 0) is 10.9 Å². The van der Waals surface area contributed by atoms with Crippen LogP contribution < -0.4 is 0 Å². The van der Waals surface area contributed by atoms with Crippen molar-refractivity contribution in [3.05, 3.63) is 35.4 Å². The summed E-state index contributed by atoms with van der Waals surface area (Å²) in [6, 6.07) is 4.59. The largest absolute Gasteiger partial charge is 0.416 e. The second kappa shape index (κ2) is 6.47. The van der Waals surface area contributed by atoms with Gasteiger partial charge in [-0.2, -0.15) is 13.2 Å². The molecule has 1 amide bonds. The number of piperidine rings is 1. The first-order valence-corrected chi connectivity index (χ1v) is 6.87. The molecule has 0 saturated carbocycles. The molecule has 1 fully saturated rings. The van der Waals surface area contributed by atoms with E-state index in [1.54, 1.807) is 12.0 Å². The van der Waals surface area contributed by atoms with Crippen molar-refractivity contribution in [1.29, 1.82) is 0 Å². The molecule has 1 aliphatic rings. The topological polar surface area (TPSA) is 29.5 Å². The molecular weight excluding hydrogens is 283 g/mol. The van der Waals surface area contributed by atoms with Gasteiger partial charge in [-0.3, -0.25) is 4.79 Å². The van der Waals surface area contributed by atoms with Crippen LogP contribution in [0.3, 0.4) is 0 Å². The number of hydrogen-bond acceptors (Lipinski definition) is 2. The van der Waals surface area contributed by atoms with Crippen molar-refractivity contribution in [2.75, 3.05) is 26.8 Å². The van der Waals surface area contributed by atoms with E-state index < -0.39 is 11.7 Å². The summed E-state index contributed by atoms with van der Waals surface area (Å²) in [6.07, 6.45) is -2.79. The zero-order chi connectivity index (χ0) is 15.5. The summed E-state index contributed by atoms with van der Waals surface area (Å²) in [5.41, 5.74) is -0.697. The number of rotatable bonds is 3. The van der Waals surface area contributed by atoms with Gasteiger partial charge in [0.15, 0.2) is 0 Å². The number of benzene rings is 1. The maximum Gasteiger partial charge on any atom is 0.416 e. The van der Waals surface area contributed by atoms with E-state index in [4.69, 9.17) is 4.74 Å². The van der Waals surface area contributed by atoms with Gasteiger partial charge in [0, 0.05) is 32.4 Å². The molecule has 0 radical (unpaired) electrons. The van der Waals surface area contributed by atoms with Gasteiger partial charge in [0.25, 0.3) is 5.91 Å². The minimum atomic E-state index is -4.43. The van der Waals surface area contributed by atoms with Crippen LogP contribution in [0, 0.1) is 5.92 Å². The van der Waals surface area contributed by atoms with E-state index in [2.05, 4.69) is 0 Å². The Kier molecular flexibility index (Phi) is 4.88. The normalized spacial score (nSPS) is 17.0. The molecule has 1 heterocycles. The van der Waals surface area contributed by atoms with E-state index in [1.807, 2.05) is 0 Å². The first-order valence-electron chi connectivity index (χ1n) is 6.87. The van der Waals surface area contributed by atoms with Crippen LogP contribution in [0.15, 0.2) is 24.3 Å². The second-order valence-corrected chi connectivity index (χ2v) is 5.27. The molecule has 0 aliphatic carbocycles. The van der Waals surface area contributed by atoms with Crippen LogP contribution in [0.25, 0.3) is 0 Å². The average Bonchev–Trinajstić information content (AvgIpc) is 2.47. The number of ether oxygens (including phenoxy) is 1. The fraction of sp³-hybridized carbons (Fsp3) is 0.533. The van der Waals surface area contributed by atoms with Crippen LogP contribution >= 0.6 is 0 Å². The average molecular weight is 301 g/mol. The summed E-state index contributed by atoms with van der Waals surface area (Å²) in [6.45, 7) is 1.78. The lowest BCUT2D eigenvalue weighted by Gasteiger charge is -2.31. The summed E-state index contributed by atoms with van der Waals surface area (Å²) in [5.74, 6) is 0.0810. The number of halogens is 3. The summed E-state index contributed by atoms with van der Waals surface area (Å²) >= 11 is 0. The Bertz CT molecular complexity index is 494. The summed E-state index contributed by atoms with van der Waals surface area (Å²) in [7, 11) is 1.64. The molecule has 3 nitrogen and oxygen atoms in total. The zero-order valence-corrected chi connectivity index (χ0v) is 11.8. The highest BCUT2D eigenvalue weighted by Gasteiger charge is 2.31. The Morgan fingerprint density at radius 1 is 1.33 bits per heavy atom. The molecule has 2 rings (SSSR count). The van der Waals surface area contributed by atoms with Crippen molar-refractivity contribution in [2.24, 2.45) is 5.92 Å². The number of carbonyl (C=O) groups excluding carboxylic acids is 1. The van der Waals surface area contributed by atoms with Gasteiger partial charge < -0.3 is 9.64 Å². The lowest BCUT2D eigenvalue weighted by molar-refractivity contribution is -0.137. The molecule has 1 aromatic rings. The molecule has 0 aromatic heterocycles. The first-order chi connectivity index (χ1) is 9.91. The number of methoxy groups -OCH3 is 1. The molecule has 0 N–H and O–H groups in total. The molecule has 116 valence electrons. The molecule has 21 heavy (non-hydrogen) atoms. The van der Waals surface area contributed by atoms with Crippen molar-refractivity contribution >= 4 is 5.91 Å².